The molecule has 0 atom stereocenters. The normalized spacial score (nSPS) is 10.3. The molecule has 2 rings (SSSR count). The zero-order valence-electron chi connectivity index (χ0n) is 14.1. The van der Waals surface area contributed by atoms with Crippen molar-refractivity contribution in [1.82, 2.24) is 9.78 Å². The van der Waals surface area contributed by atoms with Gasteiger partial charge < -0.3 is 20.1 Å². The Kier molecular flexibility index (Phi) is 5.44. The van der Waals surface area contributed by atoms with Gasteiger partial charge in [0, 0.05) is 12.6 Å². The SMILES string of the molecule is CCn1nc(C)c(NC(=S)Nc2cc(OC)ccc2OC)c1C. The van der Waals surface area contributed by atoms with Crippen molar-refractivity contribution in [2.24, 2.45) is 0 Å². The Bertz CT molecular complexity index is 712. The Morgan fingerprint density at radius 1 is 1.22 bits per heavy atom. The Morgan fingerprint density at radius 2 is 1.96 bits per heavy atom. The van der Waals surface area contributed by atoms with Crippen molar-refractivity contribution in [3.05, 3.63) is 29.6 Å². The predicted octanol–water partition coefficient (Wildman–Crippen LogP) is 3.35. The zero-order valence-corrected chi connectivity index (χ0v) is 14.9. The highest BCUT2D eigenvalue weighted by Gasteiger charge is 2.13. The molecule has 6 nitrogen and oxygen atoms in total. The third kappa shape index (κ3) is 3.73. The van der Waals surface area contributed by atoms with Crippen molar-refractivity contribution in [3.63, 3.8) is 0 Å². The van der Waals surface area contributed by atoms with Crippen molar-refractivity contribution in [3.8, 4) is 11.5 Å². The van der Waals surface area contributed by atoms with Crippen molar-refractivity contribution in [1.29, 1.82) is 0 Å². The van der Waals surface area contributed by atoms with E-state index in [1.807, 2.05) is 36.7 Å². The molecule has 1 heterocycles. The average molecular weight is 334 g/mol. The van der Waals surface area contributed by atoms with Crippen LogP contribution in [0.5, 0.6) is 11.5 Å². The van der Waals surface area contributed by atoms with Crippen LogP contribution in [0.15, 0.2) is 18.2 Å². The van der Waals surface area contributed by atoms with E-state index in [2.05, 4.69) is 22.7 Å². The van der Waals surface area contributed by atoms with Crippen LogP contribution in [0.1, 0.15) is 18.3 Å². The van der Waals surface area contributed by atoms with Gasteiger partial charge in [0.25, 0.3) is 0 Å². The number of methoxy groups -OCH3 is 2. The molecule has 7 heteroatoms. The van der Waals surface area contributed by atoms with Crippen LogP contribution in [-0.4, -0.2) is 29.1 Å². The van der Waals surface area contributed by atoms with Gasteiger partial charge in [0.05, 0.1) is 37.0 Å². The lowest BCUT2D eigenvalue weighted by Gasteiger charge is -2.14. The minimum absolute atomic E-state index is 0.471. The number of thiocarbonyl (C=S) groups is 1. The fourth-order valence-corrected chi connectivity index (χ4v) is 2.58. The van der Waals surface area contributed by atoms with E-state index in [1.165, 1.54) is 0 Å². The molecule has 0 radical (unpaired) electrons. The van der Waals surface area contributed by atoms with E-state index in [1.54, 1.807) is 14.2 Å². The van der Waals surface area contributed by atoms with E-state index >= 15 is 0 Å². The molecule has 0 fully saturated rings. The zero-order chi connectivity index (χ0) is 17.0. The molecule has 0 aliphatic heterocycles. The van der Waals surface area contributed by atoms with E-state index < -0.39 is 0 Å². The van der Waals surface area contributed by atoms with Crippen molar-refractivity contribution >= 4 is 28.7 Å². The Hall–Kier alpha value is -2.28. The van der Waals surface area contributed by atoms with Gasteiger partial charge in [0.2, 0.25) is 0 Å². The molecule has 0 aliphatic carbocycles. The van der Waals surface area contributed by atoms with E-state index in [4.69, 9.17) is 21.7 Å². The Morgan fingerprint density at radius 3 is 2.52 bits per heavy atom. The highest BCUT2D eigenvalue weighted by atomic mass is 32.1. The van der Waals surface area contributed by atoms with E-state index in [0.29, 0.717) is 10.9 Å². The molecule has 1 aromatic heterocycles. The third-order valence-corrected chi connectivity index (χ3v) is 3.78. The number of aryl methyl sites for hydroxylation is 2. The number of ether oxygens (including phenoxy) is 2. The largest absolute Gasteiger partial charge is 0.497 e. The Labute approximate surface area is 141 Å². The molecule has 1 aromatic carbocycles. The van der Waals surface area contributed by atoms with Crippen LogP contribution >= 0.6 is 12.2 Å². The molecule has 2 aromatic rings. The lowest BCUT2D eigenvalue weighted by atomic mass is 10.2. The molecule has 0 spiro atoms. The first-order chi connectivity index (χ1) is 11.0. The molecular formula is C16H22N4O2S. The molecule has 2 N–H and O–H groups in total. The van der Waals surface area contributed by atoms with Crippen LogP contribution in [0.3, 0.4) is 0 Å². The number of hydrogen-bond donors (Lipinski definition) is 2. The monoisotopic (exact) mass is 334 g/mol. The molecule has 0 unspecified atom stereocenters. The van der Waals surface area contributed by atoms with Gasteiger partial charge in [-0.05, 0) is 45.1 Å². The van der Waals surface area contributed by atoms with Gasteiger partial charge in [-0.25, -0.2) is 0 Å². The summed E-state index contributed by atoms with van der Waals surface area (Å²) >= 11 is 5.41. The number of rotatable bonds is 5. The second-order valence-corrected chi connectivity index (χ2v) is 5.42. The summed E-state index contributed by atoms with van der Waals surface area (Å²) in [7, 11) is 3.23. The van der Waals surface area contributed by atoms with Crippen molar-refractivity contribution in [2.75, 3.05) is 24.9 Å². The molecule has 0 aliphatic rings. The van der Waals surface area contributed by atoms with E-state index in [-0.39, 0.29) is 0 Å². The van der Waals surface area contributed by atoms with Crippen LogP contribution < -0.4 is 20.1 Å². The summed E-state index contributed by atoms with van der Waals surface area (Å²) in [5.74, 6) is 1.41. The maximum atomic E-state index is 5.41. The highest BCUT2D eigenvalue weighted by molar-refractivity contribution is 7.80. The van der Waals surface area contributed by atoms with Gasteiger partial charge in [0.1, 0.15) is 11.5 Å². The number of benzene rings is 1. The van der Waals surface area contributed by atoms with Gasteiger partial charge >= 0.3 is 0 Å². The molecule has 0 bridgehead atoms. The summed E-state index contributed by atoms with van der Waals surface area (Å²) < 4.78 is 12.5. The quantitative estimate of drug-likeness (QED) is 0.818. The minimum atomic E-state index is 0.471. The number of nitrogens with zero attached hydrogens (tertiary/aromatic N) is 2. The lowest BCUT2D eigenvalue weighted by Crippen LogP contribution is -2.20. The van der Waals surface area contributed by atoms with Crippen LogP contribution in [0, 0.1) is 13.8 Å². The third-order valence-electron chi connectivity index (χ3n) is 3.57. The summed E-state index contributed by atoms with van der Waals surface area (Å²) in [6.07, 6.45) is 0. The second kappa shape index (κ2) is 7.32. The molecule has 0 saturated heterocycles. The molecule has 0 amide bonds. The number of hydrogen-bond acceptors (Lipinski definition) is 4. The van der Waals surface area contributed by atoms with Crippen LogP contribution in [0.25, 0.3) is 0 Å². The maximum Gasteiger partial charge on any atom is 0.175 e. The van der Waals surface area contributed by atoms with E-state index in [9.17, 15) is 0 Å². The first-order valence-corrected chi connectivity index (χ1v) is 7.75. The predicted molar refractivity (Wildman–Crippen MR) is 96.8 cm³/mol. The first-order valence-electron chi connectivity index (χ1n) is 7.34. The second-order valence-electron chi connectivity index (χ2n) is 5.01. The smallest absolute Gasteiger partial charge is 0.175 e. The molecule has 23 heavy (non-hydrogen) atoms. The van der Waals surface area contributed by atoms with Crippen LogP contribution in [0.4, 0.5) is 11.4 Å². The van der Waals surface area contributed by atoms with Gasteiger partial charge in [-0.15, -0.1) is 0 Å². The Balaban J connectivity index is 2.18. The molecule has 0 saturated carbocycles. The van der Waals surface area contributed by atoms with Crippen LogP contribution in [0.2, 0.25) is 0 Å². The van der Waals surface area contributed by atoms with E-state index in [0.717, 1.165) is 35.1 Å². The number of aromatic nitrogens is 2. The molecule has 124 valence electrons. The standard InChI is InChI=1S/C16H22N4O2S/c1-6-20-11(3)15(10(2)19-20)18-16(23)17-13-9-12(21-4)7-8-14(13)22-5/h7-9H,6H2,1-5H3,(H2,17,18,23). The van der Waals surface area contributed by atoms with Gasteiger partial charge in [-0.1, -0.05) is 0 Å². The summed E-state index contributed by atoms with van der Waals surface area (Å²) in [6.45, 7) is 6.84. The summed E-state index contributed by atoms with van der Waals surface area (Å²) in [4.78, 5) is 0. The van der Waals surface area contributed by atoms with Gasteiger partial charge in [0.15, 0.2) is 5.11 Å². The highest BCUT2D eigenvalue weighted by Crippen LogP contribution is 2.29. The summed E-state index contributed by atoms with van der Waals surface area (Å²) in [6, 6.07) is 5.50. The number of nitrogens with one attached hydrogen (secondary N) is 2. The maximum absolute atomic E-state index is 5.41. The fourth-order valence-electron chi connectivity index (χ4n) is 2.36. The minimum Gasteiger partial charge on any atom is -0.497 e. The van der Waals surface area contributed by atoms with Gasteiger partial charge in [-0.3, -0.25) is 4.68 Å². The topological polar surface area (TPSA) is 60.3 Å². The lowest BCUT2D eigenvalue weighted by molar-refractivity contribution is 0.405. The van der Waals surface area contributed by atoms with Gasteiger partial charge in [-0.2, -0.15) is 5.10 Å². The summed E-state index contributed by atoms with van der Waals surface area (Å²) in [5.41, 5.74) is 3.62. The average Bonchev–Trinajstić information content (AvgIpc) is 2.82. The first kappa shape index (κ1) is 17.1. The van der Waals surface area contributed by atoms with Crippen LogP contribution in [-0.2, 0) is 6.54 Å². The molecular weight excluding hydrogens is 312 g/mol. The summed E-state index contributed by atoms with van der Waals surface area (Å²) in [5, 5.41) is 11.3. The van der Waals surface area contributed by atoms with Crippen molar-refractivity contribution in [2.45, 2.75) is 27.3 Å². The fraction of sp³-hybridized carbons (Fsp3) is 0.375. The van der Waals surface area contributed by atoms with Crippen molar-refractivity contribution < 1.29 is 9.47 Å². The number of anilines is 2.